The van der Waals surface area contributed by atoms with Crippen molar-refractivity contribution in [3.05, 3.63) is 58.3 Å². The first kappa shape index (κ1) is 15.2. The van der Waals surface area contributed by atoms with Crippen LogP contribution in [0.5, 0.6) is 0 Å². The summed E-state index contributed by atoms with van der Waals surface area (Å²) >= 11 is 1.78. The fraction of sp³-hybridized carbons (Fsp3) is 0.412. The minimum absolute atomic E-state index is 1.06. The Bertz CT molecular complexity index is 453. The molecule has 0 amide bonds. The molecule has 1 heterocycles. The highest BCUT2D eigenvalue weighted by Crippen LogP contribution is 2.05. The number of rotatable bonds is 9. The molecule has 0 saturated carbocycles. The van der Waals surface area contributed by atoms with E-state index in [1.807, 2.05) is 0 Å². The Kier molecular flexibility index (Phi) is 6.78. The van der Waals surface area contributed by atoms with Gasteiger partial charge in [0.2, 0.25) is 0 Å². The van der Waals surface area contributed by atoms with Crippen LogP contribution in [0.1, 0.15) is 11.1 Å². The van der Waals surface area contributed by atoms with Gasteiger partial charge in [-0.15, -0.1) is 0 Å². The fourth-order valence-electron chi connectivity index (χ4n) is 2.14. The Balaban J connectivity index is 1.51. The number of likely N-dealkylation sites (N-methyl/N-ethyl adjacent to an activating group) is 1. The van der Waals surface area contributed by atoms with Crippen molar-refractivity contribution < 1.29 is 0 Å². The second-order valence-electron chi connectivity index (χ2n) is 5.17. The van der Waals surface area contributed by atoms with E-state index in [0.717, 1.165) is 39.0 Å². The Hall–Kier alpha value is -1.16. The maximum absolute atomic E-state index is 3.52. The molecule has 0 aliphatic carbocycles. The van der Waals surface area contributed by atoms with Crippen LogP contribution in [0.4, 0.5) is 0 Å². The molecule has 0 bridgehead atoms. The monoisotopic (exact) mass is 288 g/mol. The molecule has 1 N–H and O–H groups in total. The van der Waals surface area contributed by atoms with E-state index in [-0.39, 0.29) is 0 Å². The summed E-state index contributed by atoms with van der Waals surface area (Å²) in [7, 11) is 2.20. The highest BCUT2D eigenvalue weighted by atomic mass is 32.1. The van der Waals surface area contributed by atoms with Crippen LogP contribution in [0.2, 0.25) is 0 Å². The maximum atomic E-state index is 3.52. The number of hydrogen-bond acceptors (Lipinski definition) is 3. The number of nitrogens with one attached hydrogen (secondary N) is 1. The second-order valence-corrected chi connectivity index (χ2v) is 5.95. The molecule has 20 heavy (non-hydrogen) atoms. The average molecular weight is 288 g/mol. The average Bonchev–Trinajstić information content (AvgIpc) is 2.99. The van der Waals surface area contributed by atoms with Gasteiger partial charge in [-0.3, -0.25) is 0 Å². The van der Waals surface area contributed by atoms with Crippen LogP contribution in [-0.2, 0) is 12.8 Å². The van der Waals surface area contributed by atoms with Gasteiger partial charge in [-0.2, -0.15) is 11.3 Å². The molecule has 2 nitrogen and oxygen atoms in total. The summed E-state index contributed by atoms with van der Waals surface area (Å²) in [5, 5.41) is 7.89. The summed E-state index contributed by atoms with van der Waals surface area (Å²) in [6.07, 6.45) is 2.27. The van der Waals surface area contributed by atoms with Crippen molar-refractivity contribution in [2.75, 3.05) is 33.2 Å². The van der Waals surface area contributed by atoms with Gasteiger partial charge in [-0.05, 0) is 54.4 Å². The number of hydrogen-bond donors (Lipinski definition) is 1. The van der Waals surface area contributed by atoms with E-state index >= 15 is 0 Å². The minimum Gasteiger partial charge on any atom is -0.315 e. The lowest BCUT2D eigenvalue weighted by molar-refractivity contribution is 0.336. The van der Waals surface area contributed by atoms with Gasteiger partial charge in [0.15, 0.2) is 0 Å². The van der Waals surface area contributed by atoms with Crippen LogP contribution in [0, 0.1) is 0 Å². The smallest absolute Gasteiger partial charge is 0.0104 e. The van der Waals surface area contributed by atoms with Crippen molar-refractivity contribution >= 4 is 11.3 Å². The number of nitrogens with zero attached hydrogens (tertiary/aromatic N) is 1. The third-order valence-electron chi connectivity index (χ3n) is 3.47. The third kappa shape index (κ3) is 5.87. The van der Waals surface area contributed by atoms with Crippen LogP contribution in [0.15, 0.2) is 47.2 Å². The largest absolute Gasteiger partial charge is 0.315 e. The quantitative estimate of drug-likeness (QED) is 0.714. The molecule has 1 aromatic heterocycles. The zero-order valence-electron chi connectivity index (χ0n) is 12.2. The number of benzene rings is 1. The van der Waals surface area contributed by atoms with E-state index in [9.17, 15) is 0 Å². The topological polar surface area (TPSA) is 15.3 Å². The molecule has 0 aliphatic rings. The standard InChI is InChI=1S/C17H24N2S/c1-19(12-8-16-5-3-2-4-6-16)13-11-18-10-7-17-9-14-20-15-17/h2-6,9,14-15,18H,7-8,10-13H2,1H3. The molecule has 1 aromatic carbocycles. The molecule has 0 aliphatic heterocycles. The van der Waals surface area contributed by atoms with Gasteiger partial charge in [0.05, 0.1) is 0 Å². The minimum atomic E-state index is 1.06. The highest BCUT2D eigenvalue weighted by Gasteiger charge is 1.99. The zero-order valence-corrected chi connectivity index (χ0v) is 13.0. The molecule has 0 radical (unpaired) electrons. The molecular weight excluding hydrogens is 264 g/mol. The molecular formula is C17H24N2S. The first-order valence-corrected chi connectivity index (χ1v) is 8.23. The zero-order chi connectivity index (χ0) is 14.0. The van der Waals surface area contributed by atoms with E-state index in [1.54, 1.807) is 11.3 Å². The molecule has 0 fully saturated rings. The highest BCUT2D eigenvalue weighted by molar-refractivity contribution is 7.07. The van der Waals surface area contributed by atoms with E-state index in [2.05, 4.69) is 64.4 Å². The van der Waals surface area contributed by atoms with Gasteiger partial charge in [-0.1, -0.05) is 30.3 Å². The maximum Gasteiger partial charge on any atom is 0.0104 e. The lowest BCUT2D eigenvalue weighted by atomic mass is 10.1. The van der Waals surface area contributed by atoms with E-state index in [4.69, 9.17) is 0 Å². The van der Waals surface area contributed by atoms with Crippen molar-refractivity contribution in [3.63, 3.8) is 0 Å². The van der Waals surface area contributed by atoms with Crippen molar-refractivity contribution in [1.82, 2.24) is 10.2 Å². The molecule has 108 valence electrons. The van der Waals surface area contributed by atoms with Gasteiger partial charge >= 0.3 is 0 Å². The summed E-state index contributed by atoms with van der Waals surface area (Å²) in [5.74, 6) is 0. The summed E-state index contributed by atoms with van der Waals surface area (Å²) in [6, 6.07) is 12.9. The van der Waals surface area contributed by atoms with Crippen molar-refractivity contribution in [3.8, 4) is 0 Å². The van der Waals surface area contributed by atoms with Gasteiger partial charge in [0.1, 0.15) is 0 Å². The van der Waals surface area contributed by atoms with Gasteiger partial charge in [-0.25, -0.2) is 0 Å². The molecule has 0 spiro atoms. The lowest BCUT2D eigenvalue weighted by Crippen LogP contribution is -2.31. The molecule has 0 atom stereocenters. The van der Waals surface area contributed by atoms with Crippen LogP contribution >= 0.6 is 11.3 Å². The van der Waals surface area contributed by atoms with Crippen molar-refractivity contribution in [2.24, 2.45) is 0 Å². The summed E-state index contributed by atoms with van der Waals surface area (Å²) in [6.45, 7) is 4.37. The Morgan fingerprint density at radius 1 is 0.950 bits per heavy atom. The fourth-order valence-corrected chi connectivity index (χ4v) is 2.84. The third-order valence-corrected chi connectivity index (χ3v) is 4.20. The van der Waals surface area contributed by atoms with Crippen molar-refractivity contribution in [2.45, 2.75) is 12.8 Å². The molecule has 0 saturated heterocycles. The van der Waals surface area contributed by atoms with Crippen LogP contribution in [0.25, 0.3) is 0 Å². The van der Waals surface area contributed by atoms with E-state index in [1.165, 1.54) is 11.1 Å². The first-order valence-electron chi connectivity index (χ1n) is 7.29. The molecule has 2 aromatic rings. The normalized spacial score (nSPS) is 11.1. The second kappa shape index (κ2) is 8.90. The molecule has 0 unspecified atom stereocenters. The van der Waals surface area contributed by atoms with Crippen LogP contribution in [-0.4, -0.2) is 38.1 Å². The lowest BCUT2D eigenvalue weighted by Gasteiger charge is -2.16. The summed E-state index contributed by atoms with van der Waals surface area (Å²) in [5.41, 5.74) is 2.87. The summed E-state index contributed by atoms with van der Waals surface area (Å²) in [4.78, 5) is 2.39. The Morgan fingerprint density at radius 2 is 1.80 bits per heavy atom. The molecule has 2 rings (SSSR count). The predicted octanol–water partition coefficient (Wildman–Crippen LogP) is 3.05. The van der Waals surface area contributed by atoms with E-state index < -0.39 is 0 Å². The Morgan fingerprint density at radius 3 is 2.55 bits per heavy atom. The SMILES string of the molecule is CN(CCNCCc1ccsc1)CCc1ccccc1. The summed E-state index contributed by atoms with van der Waals surface area (Å²) < 4.78 is 0. The molecule has 3 heteroatoms. The van der Waals surface area contributed by atoms with Gasteiger partial charge in [0, 0.05) is 19.6 Å². The van der Waals surface area contributed by atoms with Crippen LogP contribution in [0.3, 0.4) is 0 Å². The Labute approximate surface area is 126 Å². The first-order chi connectivity index (χ1) is 9.84. The van der Waals surface area contributed by atoms with Gasteiger partial charge in [0.25, 0.3) is 0 Å². The number of thiophene rings is 1. The predicted molar refractivity (Wildman–Crippen MR) is 88.5 cm³/mol. The van der Waals surface area contributed by atoms with Gasteiger partial charge < -0.3 is 10.2 Å². The van der Waals surface area contributed by atoms with Crippen molar-refractivity contribution in [1.29, 1.82) is 0 Å². The van der Waals surface area contributed by atoms with Crippen LogP contribution < -0.4 is 5.32 Å². The van der Waals surface area contributed by atoms with E-state index in [0.29, 0.717) is 0 Å².